The van der Waals surface area contributed by atoms with E-state index in [4.69, 9.17) is 5.11 Å². The molecule has 76 valence electrons. The maximum Gasteiger partial charge on any atom is 0.407 e. The van der Waals surface area contributed by atoms with E-state index in [0.717, 1.165) is 0 Å². The summed E-state index contributed by atoms with van der Waals surface area (Å²) in [6.45, 7) is 2.86. The van der Waals surface area contributed by atoms with Crippen LogP contribution in [0.4, 0.5) is 4.79 Å². The highest BCUT2D eigenvalue weighted by Crippen LogP contribution is 2.03. The third-order valence-corrected chi connectivity index (χ3v) is 1.75. The van der Waals surface area contributed by atoms with Crippen LogP contribution in [0.15, 0.2) is 0 Å². The Hall–Kier alpha value is -1.10. The standard InChI is InChI=1S/C8H15NO4/c1-5(4-10)7(6(2)11)9-8(12)13-3/h5,7,10H,4H2,1-3H3,(H,9,12)/t5-,7?/m1/s1. The number of hydrogen-bond donors (Lipinski definition) is 2. The van der Waals surface area contributed by atoms with Crippen molar-refractivity contribution in [2.24, 2.45) is 5.92 Å². The van der Waals surface area contributed by atoms with E-state index in [1.807, 2.05) is 0 Å². The Bertz CT molecular complexity index is 193. The molecule has 0 aromatic heterocycles. The molecule has 13 heavy (non-hydrogen) atoms. The SMILES string of the molecule is COC(=O)NC(C(C)=O)[C@H](C)CO. The quantitative estimate of drug-likeness (QED) is 0.649. The molecular formula is C8H15NO4. The Balaban J connectivity index is 4.26. The number of alkyl carbamates (subject to hydrolysis) is 1. The van der Waals surface area contributed by atoms with Crippen molar-refractivity contribution in [3.05, 3.63) is 0 Å². The highest BCUT2D eigenvalue weighted by molar-refractivity contribution is 5.85. The van der Waals surface area contributed by atoms with Crippen molar-refractivity contribution in [2.75, 3.05) is 13.7 Å². The molecule has 0 aromatic rings. The van der Waals surface area contributed by atoms with Gasteiger partial charge in [-0.25, -0.2) is 4.79 Å². The minimum Gasteiger partial charge on any atom is -0.453 e. The summed E-state index contributed by atoms with van der Waals surface area (Å²) in [6, 6.07) is -0.683. The molecule has 0 saturated heterocycles. The highest BCUT2D eigenvalue weighted by Gasteiger charge is 2.23. The Morgan fingerprint density at radius 3 is 2.38 bits per heavy atom. The number of carbonyl (C=O) groups excluding carboxylic acids is 2. The van der Waals surface area contributed by atoms with Crippen molar-refractivity contribution in [1.29, 1.82) is 0 Å². The molecule has 1 amide bonds. The van der Waals surface area contributed by atoms with Gasteiger partial charge in [-0.05, 0) is 6.92 Å². The molecule has 0 aliphatic rings. The van der Waals surface area contributed by atoms with E-state index in [2.05, 4.69) is 10.1 Å². The van der Waals surface area contributed by atoms with Gasteiger partial charge in [0.05, 0.1) is 13.2 Å². The fourth-order valence-corrected chi connectivity index (χ4v) is 0.936. The number of amides is 1. The van der Waals surface area contributed by atoms with Gasteiger partial charge in [0.2, 0.25) is 0 Å². The van der Waals surface area contributed by atoms with E-state index in [-0.39, 0.29) is 18.3 Å². The lowest BCUT2D eigenvalue weighted by Crippen LogP contribution is -2.45. The fraction of sp³-hybridized carbons (Fsp3) is 0.750. The first-order valence-electron chi connectivity index (χ1n) is 3.98. The van der Waals surface area contributed by atoms with Gasteiger partial charge in [0.25, 0.3) is 0 Å². The van der Waals surface area contributed by atoms with Gasteiger partial charge in [0, 0.05) is 12.5 Å². The number of aliphatic hydroxyl groups is 1. The molecule has 2 atom stereocenters. The molecular weight excluding hydrogens is 174 g/mol. The maximum atomic E-state index is 11.0. The van der Waals surface area contributed by atoms with Crippen LogP contribution in [0.3, 0.4) is 0 Å². The third-order valence-electron chi connectivity index (χ3n) is 1.75. The number of hydrogen-bond acceptors (Lipinski definition) is 4. The fourth-order valence-electron chi connectivity index (χ4n) is 0.936. The molecule has 0 radical (unpaired) electrons. The van der Waals surface area contributed by atoms with E-state index in [1.165, 1.54) is 14.0 Å². The second-order valence-corrected chi connectivity index (χ2v) is 2.88. The molecule has 0 aromatic carbocycles. The summed E-state index contributed by atoms with van der Waals surface area (Å²) >= 11 is 0. The number of ether oxygens (including phenoxy) is 1. The predicted molar refractivity (Wildman–Crippen MR) is 46.3 cm³/mol. The van der Waals surface area contributed by atoms with Crippen molar-refractivity contribution in [1.82, 2.24) is 5.32 Å². The second-order valence-electron chi connectivity index (χ2n) is 2.88. The van der Waals surface area contributed by atoms with E-state index in [9.17, 15) is 9.59 Å². The number of methoxy groups -OCH3 is 1. The van der Waals surface area contributed by atoms with Gasteiger partial charge >= 0.3 is 6.09 Å². The van der Waals surface area contributed by atoms with E-state index >= 15 is 0 Å². The summed E-state index contributed by atoms with van der Waals surface area (Å²) in [5, 5.41) is 11.1. The van der Waals surface area contributed by atoms with E-state index in [1.54, 1.807) is 6.92 Å². The second kappa shape index (κ2) is 5.53. The summed E-state index contributed by atoms with van der Waals surface area (Å²) in [5.74, 6) is -0.511. The van der Waals surface area contributed by atoms with Gasteiger partial charge in [-0.1, -0.05) is 6.92 Å². The average molecular weight is 189 g/mol. The number of Topliss-reactive ketones (excluding diaryl/α,β-unsaturated/α-hetero) is 1. The molecule has 0 heterocycles. The van der Waals surface area contributed by atoms with Crippen molar-refractivity contribution >= 4 is 11.9 Å². The zero-order chi connectivity index (χ0) is 10.4. The number of aliphatic hydroxyl groups excluding tert-OH is 1. The Labute approximate surface area is 77.1 Å². The summed E-state index contributed by atoms with van der Waals surface area (Å²) in [7, 11) is 1.22. The average Bonchev–Trinajstić information content (AvgIpc) is 2.11. The minimum atomic E-state index is -0.683. The van der Waals surface area contributed by atoms with Crippen molar-refractivity contribution in [3.63, 3.8) is 0 Å². The Kier molecular flexibility index (Phi) is 5.06. The molecule has 0 aliphatic heterocycles. The van der Waals surface area contributed by atoms with Crippen LogP contribution in [0, 0.1) is 5.92 Å². The van der Waals surface area contributed by atoms with Gasteiger partial charge in [-0.2, -0.15) is 0 Å². The van der Waals surface area contributed by atoms with Gasteiger partial charge in [0.1, 0.15) is 0 Å². The Morgan fingerprint density at radius 1 is 1.54 bits per heavy atom. The van der Waals surface area contributed by atoms with E-state index in [0.29, 0.717) is 0 Å². The van der Waals surface area contributed by atoms with Crippen LogP contribution in [-0.4, -0.2) is 36.7 Å². The van der Waals surface area contributed by atoms with Gasteiger partial charge in [0.15, 0.2) is 5.78 Å². The van der Waals surface area contributed by atoms with Gasteiger partial charge in [-0.3, -0.25) is 4.79 Å². The van der Waals surface area contributed by atoms with Crippen molar-refractivity contribution < 1.29 is 19.4 Å². The topological polar surface area (TPSA) is 75.6 Å². The number of ketones is 1. The first kappa shape index (κ1) is 11.9. The summed E-state index contributed by atoms with van der Waals surface area (Å²) in [5.41, 5.74) is 0. The molecule has 0 rings (SSSR count). The van der Waals surface area contributed by atoms with Crippen molar-refractivity contribution in [2.45, 2.75) is 19.9 Å². The molecule has 0 bridgehead atoms. The minimum absolute atomic E-state index is 0.158. The number of nitrogens with one attached hydrogen (secondary N) is 1. The third kappa shape index (κ3) is 3.89. The largest absolute Gasteiger partial charge is 0.453 e. The molecule has 0 fully saturated rings. The zero-order valence-electron chi connectivity index (χ0n) is 8.03. The van der Waals surface area contributed by atoms with Crippen LogP contribution in [-0.2, 0) is 9.53 Å². The molecule has 5 heteroatoms. The lowest BCUT2D eigenvalue weighted by Gasteiger charge is -2.19. The summed E-state index contributed by atoms with van der Waals surface area (Å²) < 4.78 is 4.34. The highest BCUT2D eigenvalue weighted by atomic mass is 16.5. The number of rotatable bonds is 4. The summed E-state index contributed by atoms with van der Waals surface area (Å²) in [4.78, 5) is 21.8. The monoisotopic (exact) mass is 189 g/mol. The van der Waals surface area contributed by atoms with Crippen LogP contribution >= 0.6 is 0 Å². The maximum absolute atomic E-state index is 11.0. The smallest absolute Gasteiger partial charge is 0.407 e. The normalized spacial score (nSPS) is 14.5. The van der Waals surface area contributed by atoms with Gasteiger partial charge in [-0.15, -0.1) is 0 Å². The van der Waals surface area contributed by atoms with Gasteiger partial charge < -0.3 is 15.2 Å². The molecule has 5 nitrogen and oxygen atoms in total. The molecule has 1 unspecified atom stereocenters. The van der Waals surface area contributed by atoms with Crippen LogP contribution in [0.2, 0.25) is 0 Å². The molecule has 0 spiro atoms. The van der Waals surface area contributed by atoms with Crippen molar-refractivity contribution in [3.8, 4) is 0 Å². The zero-order valence-corrected chi connectivity index (χ0v) is 8.03. The van der Waals surface area contributed by atoms with Crippen LogP contribution in [0.1, 0.15) is 13.8 Å². The lowest BCUT2D eigenvalue weighted by atomic mass is 10.00. The molecule has 0 aliphatic carbocycles. The summed E-state index contributed by atoms with van der Waals surface area (Å²) in [6.07, 6.45) is -0.666. The first-order chi connectivity index (χ1) is 6.02. The van der Waals surface area contributed by atoms with Crippen LogP contribution < -0.4 is 5.32 Å². The van der Waals surface area contributed by atoms with E-state index < -0.39 is 12.1 Å². The lowest BCUT2D eigenvalue weighted by molar-refractivity contribution is -0.120. The Morgan fingerprint density at radius 2 is 2.08 bits per heavy atom. The van der Waals surface area contributed by atoms with Crippen LogP contribution in [0.25, 0.3) is 0 Å². The first-order valence-corrected chi connectivity index (χ1v) is 3.98. The predicted octanol–water partition coefficient (Wildman–Crippen LogP) is -0.0716. The molecule has 2 N–H and O–H groups in total. The molecule has 0 saturated carbocycles. The van der Waals surface area contributed by atoms with Crippen LogP contribution in [0.5, 0.6) is 0 Å². The number of carbonyl (C=O) groups is 2.